The molecule has 1 aliphatic rings. The Balaban J connectivity index is 1.72. The van der Waals surface area contributed by atoms with Crippen LogP contribution in [0.1, 0.15) is 26.2 Å². The molecule has 0 radical (unpaired) electrons. The number of hydrogen-bond donors (Lipinski definition) is 1. The van der Waals surface area contributed by atoms with Gasteiger partial charge in [-0.25, -0.2) is 4.79 Å². The average Bonchev–Trinajstić information content (AvgIpc) is 2.39. The van der Waals surface area contributed by atoms with Crippen LogP contribution in [-0.2, 0) is 4.74 Å². The SMILES string of the molecule is CC1=CC[C@@H](COC(=O)Nc2ccccc2)CC1. The predicted octanol–water partition coefficient (Wildman–Crippen LogP) is 3.98. The highest BCUT2D eigenvalue weighted by Crippen LogP contribution is 2.23. The van der Waals surface area contributed by atoms with Crippen molar-refractivity contribution < 1.29 is 9.53 Å². The normalized spacial score (nSPS) is 18.9. The van der Waals surface area contributed by atoms with E-state index < -0.39 is 0 Å². The summed E-state index contributed by atoms with van der Waals surface area (Å²) in [5, 5.41) is 2.71. The number of carbonyl (C=O) groups is 1. The Hall–Kier alpha value is -1.77. The van der Waals surface area contributed by atoms with Gasteiger partial charge in [0.1, 0.15) is 0 Å². The van der Waals surface area contributed by atoms with Crippen LogP contribution in [0.15, 0.2) is 42.0 Å². The van der Waals surface area contributed by atoms with Gasteiger partial charge in [0, 0.05) is 5.69 Å². The summed E-state index contributed by atoms with van der Waals surface area (Å²) in [5.74, 6) is 0.468. The molecule has 0 heterocycles. The van der Waals surface area contributed by atoms with Gasteiger partial charge in [-0.15, -0.1) is 0 Å². The minimum atomic E-state index is -0.368. The van der Waals surface area contributed by atoms with E-state index in [0.29, 0.717) is 12.5 Å². The monoisotopic (exact) mass is 245 g/mol. The van der Waals surface area contributed by atoms with E-state index in [1.54, 1.807) is 0 Å². The van der Waals surface area contributed by atoms with Crippen LogP contribution in [0.4, 0.5) is 10.5 Å². The second-order valence-electron chi connectivity index (χ2n) is 4.78. The number of carbonyl (C=O) groups excluding carboxylic acids is 1. The number of amides is 1. The van der Waals surface area contributed by atoms with Crippen molar-refractivity contribution in [1.82, 2.24) is 0 Å². The average molecular weight is 245 g/mol. The molecule has 18 heavy (non-hydrogen) atoms. The minimum Gasteiger partial charge on any atom is -0.449 e. The maximum atomic E-state index is 11.6. The van der Waals surface area contributed by atoms with E-state index in [4.69, 9.17) is 4.74 Å². The molecular formula is C15H19NO2. The number of allylic oxidation sites excluding steroid dienone is 2. The van der Waals surface area contributed by atoms with Crippen LogP contribution >= 0.6 is 0 Å². The summed E-state index contributed by atoms with van der Waals surface area (Å²) in [6.45, 7) is 2.65. The van der Waals surface area contributed by atoms with Crippen LogP contribution in [-0.4, -0.2) is 12.7 Å². The molecule has 0 unspecified atom stereocenters. The van der Waals surface area contributed by atoms with Gasteiger partial charge in [-0.1, -0.05) is 29.8 Å². The Morgan fingerprint density at radius 2 is 2.17 bits per heavy atom. The Morgan fingerprint density at radius 3 is 2.83 bits per heavy atom. The van der Waals surface area contributed by atoms with Gasteiger partial charge in [0.25, 0.3) is 0 Å². The highest BCUT2D eigenvalue weighted by molar-refractivity contribution is 5.84. The summed E-state index contributed by atoms with van der Waals surface area (Å²) in [7, 11) is 0. The number of benzene rings is 1. The summed E-state index contributed by atoms with van der Waals surface area (Å²) in [4.78, 5) is 11.6. The van der Waals surface area contributed by atoms with Crippen molar-refractivity contribution in [3.63, 3.8) is 0 Å². The number of hydrogen-bond acceptors (Lipinski definition) is 2. The van der Waals surface area contributed by atoms with Crippen LogP contribution in [0.25, 0.3) is 0 Å². The zero-order chi connectivity index (χ0) is 12.8. The molecule has 1 aromatic rings. The van der Waals surface area contributed by atoms with E-state index in [2.05, 4.69) is 18.3 Å². The highest BCUT2D eigenvalue weighted by Gasteiger charge is 2.14. The summed E-state index contributed by atoms with van der Waals surface area (Å²) >= 11 is 0. The molecule has 96 valence electrons. The van der Waals surface area contributed by atoms with Crippen molar-refractivity contribution in [1.29, 1.82) is 0 Å². The molecule has 0 saturated heterocycles. The lowest BCUT2D eigenvalue weighted by Gasteiger charge is -2.20. The van der Waals surface area contributed by atoms with E-state index in [1.807, 2.05) is 30.3 Å². The number of ether oxygens (including phenoxy) is 1. The second kappa shape index (κ2) is 6.24. The lowest BCUT2D eigenvalue weighted by molar-refractivity contribution is 0.137. The molecule has 0 bridgehead atoms. The molecule has 1 aliphatic carbocycles. The van der Waals surface area contributed by atoms with Crippen LogP contribution in [0.3, 0.4) is 0 Å². The van der Waals surface area contributed by atoms with Gasteiger partial charge in [-0.05, 0) is 44.2 Å². The zero-order valence-corrected chi connectivity index (χ0v) is 10.7. The first-order chi connectivity index (χ1) is 8.74. The molecule has 1 N–H and O–H groups in total. The Labute approximate surface area is 108 Å². The first kappa shape index (κ1) is 12.7. The largest absolute Gasteiger partial charge is 0.449 e. The smallest absolute Gasteiger partial charge is 0.411 e. The second-order valence-corrected chi connectivity index (χ2v) is 4.78. The molecule has 3 heteroatoms. The van der Waals surface area contributed by atoms with Crippen LogP contribution in [0, 0.1) is 5.92 Å². The number of anilines is 1. The van der Waals surface area contributed by atoms with E-state index in [0.717, 1.165) is 24.9 Å². The van der Waals surface area contributed by atoms with Crippen molar-refractivity contribution in [3.05, 3.63) is 42.0 Å². The zero-order valence-electron chi connectivity index (χ0n) is 10.7. The fourth-order valence-electron chi connectivity index (χ4n) is 2.04. The molecule has 3 nitrogen and oxygen atoms in total. The Bertz CT molecular complexity index is 425. The highest BCUT2D eigenvalue weighted by atomic mass is 16.5. The third-order valence-corrected chi connectivity index (χ3v) is 3.22. The molecular weight excluding hydrogens is 226 g/mol. The summed E-state index contributed by atoms with van der Waals surface area (Å²) < 4.78 is 5.24. The first-order valence-electron chi connectivity index (χ1n) is 6.38. The van der Waals surface area contributed by atoms with E-state index in [1.165, 1.54) is 5.57 Å². The summed E-state index contributed by atoms with van der Waals surface area (Å²) in [6, 6.07) is 9.35. The van der Waals surface area contributed by atoms with Gasteiger partial charge in [0.05, 0.1) is 6.61 Å². The van der Waals surface area contributed by atoms with Crippen molar-refractivity contribution >= 4 is 11.8 Å². The minimum absolute atomic E-state index is 0.368. The van der Waals surface area contributed by atoms with Gasteiger partial charge >= 0.3 is 6.09 Å². The number of nitrogens with one attached hydrogen (secondary N) is 1. The van der Waals surface area contributed by atoms with Gasteiger partial charge in [-0.2, -0.15) is 0 Å². The standard InChI is InChI=1S/C15H19NO2/c1-12-7-9-13(10-8-12)11-18-15(17)16-14-5-3-2-4-6-14/h2-7,13H,8-11H2,1H3,(H,16,17)/t13-/m1/s1. The molecule has 0 saturated carbocycles. The van der Waals surface area contributed by atoms with Crippen LogP contribution in [0.5, 0.6) is 0 Å². The Morgan fingerprint density at radius 1 is 1.39 bits per heavy atom. The molecule has 1 aromatic carbocycles. The lowest BCUT2D eigenvalue weighted by Crippen LogP contribution is -2.19. The first-order valence-corrected chi connectivity index (χ1v) is 6.38. The number of rotatable bonds is 3. The van der Waals surface area contributed by atoms with E-state index in [-0.39, 0.29) is 6.09 Å². The van der Waals surface area contributed by atoms with Crippen molar-refractivity contribution in [2.45, 2.75) is 26.2 Å². The summed E-state index contributed by atoms with van der Waals surface area (Å²) in [5.41, 5.74) is 2.21. The fourth-order valence-corrected chi connectivity index (χ4v) is 2.04. The molecule has 0 fully saturated rings. The molecule has 2 rings (SSSR count). The number of para-hydroxylation sites is 1. The summed E-state index contributed by atoms with van der Waals surface area (Å²) in [6.07, 6.45) is 5.12. The third-order valence-electron chi connectivity index (χ3n) is 3.22. The van der Waals surface area contributed by atoms with Crippen molar-refractivity contribution in [3.8, 4) is 0 Å². The van der Waals surface area contributed by atoms with Crippen LogP contribution in [0.2, 0.25) is 0 Å². The topological polar surface area (TPSA) is 38.3 Å². The molecule has 1 amide bonds. The van der Waals surface area contributed by atoms with Gasteiger partial charge in [0.15, 0.2) is 0 Å². The van der Waals surface area contributed by atoms with Gasteiger partial charge in [0.2, 0.25) is 0 Å². The quantitative estimate of drug-likeness (QED) is 0.818. The molecule has 0 aliphatic heterocycles. The Kier molecular flexibility index (Phi) is 4.40. The maximum absolute atomic E-state index is 11.6. The molecule has 1 atom stereocenters. The van der Waals surface area contributed by atoms with Crippen molar-refractivity contribution in [2.24, 2.45) is 5.92 Å². The van der Waals surface area contributed by atoms with Crippen molar-refractivity contribution in [2.75, 3.05) is 11.9 Å². The van der Waals surface area contributed by atoms with Gasteiger partial charge in [-0.3, -0.25) is 5.32 Å². The predicted molar refractivity (Wildman–Crippen MR) is 72.5 cm³/mol. The van der Waals surface area contributed by atoms with E-state index in [9.17, 15) is 4.79 Å². The molecule has 0 aromatic heterocycles. The molecule has 0 spiro atoms. The van der Waals surface area contributed by atoms with Crippen LogP contribution < -0.4 is 5.32 Å². The fraction of sp³-hybridized carbons (Fsp3) is 0.400. The van der Waals surface area contributed by atoms with E-state index >= 15 is 0 Å². The maximum Gasteiger partial charge on any atom is 0.411 e. The lowest BCUT2D eigenvalue weighted by atomic mass is 9.91. The third kappa shape index (κ3) is 3.91. The van der Waals surface area contributed by atoms with Gasteiger partial charge < -0.3 is 4.74 Å².